The summed E-state index contributed by atoms with van der Waals surface area (Å²) in [7, 11) is 0. The van der Waals surface area contributed by atoms with Crippen molar-refractivity contribution in [2.45, 2.75) is 38.3 Å². The van der Waals surface area contributed by atoms with E-state index in [2.05, 4.69) is 0 Å². The van der Waals surface area contributed by atoms with Gasteiger partial charge in [-0.1, -0.05) is 6.07 Å². The maximum atomic E-state index is 12.7. The van der Waals surface area contributed by atoms with E-state index < -0.39 is 11.9 Å². The quantitative estimate of drug-likeness (QED) is 0.862. The zero-order valence-corrected chi connectivity index (χ0v) is 11.2. The van der Waals surface area contributed by atoms with E-state index in [1.165, 1.54) is 0 Å². The lowest BCUT2D eigenvalue weighted by Crippen LogP contribution is -2.38. The first kappa shape index (κ1) is 13.0. The average molecular weight is 275 g/mol. The summed E-state index contributed by atoms with van der Waals surface area (Å²) in [6.45, 7) is 1.70. The molecule has 20 heavy (non-hydrogen) atoms. The molecule has 2 aliphatic rings. The minimum atomic E-state index is -0.817. The second kappa shape index (κ2) is 4.51. The highest BCUT2D eigenvalue weighted by atomic mass is 16.4. The van der Waals surface area contributed by atoms with Gasteiger partial charge in [0.25, 0.3) is 5.91 Å². The van der Waals surface area contributed by atoms with Crippen LogP contribution >= 0.6 is 0 Å². The van der Waals surface area contributed by atoms with Crippen LogP contribution in [-0.4, -0.2) is 39.1 Å². The van der Waals surface area contributed by atoms with E-state index >= 15 is 0 Å². The molecule has 2 N–H and O–H groups in total. The van der Waals surface area contributed by atoms with Crippen molar-refractivity contribution < 1.29 is 19.8 Å². The molecule has 2 bridgehead atoms. The summed E-state index contributed by atoms with van der Waals surface area (Å²) in [5.74, 6) is -1.33. The molecule has 1 amide bonds. The third-order valence-corrected chi connectivity index (χ3v) is 4.62. The highest BCUT2D eigenvalue weighted by molar-refractivity contribution is 5.97. The van der Waals surface area contributed by atoms with Crippen LogP contribution in [0.25, 0.3) is 0 Å². The number of carboxylic acids is 1. The number of carbonyl (C=O) groups excluding carboxylic acids is 1. The molecule has 0 aliphatic carbocycles. The van der Waals surface area contributed by atoms with E-state index in [1.54, 1.807) is 30.0 Å². The number of benzene rings is 1. The molecule has 0 aromatic heterocycles. The molecular formula is C15H17NO4. The molecule has 106 valence electrons. The van der Waals surface area contributed by atoms with Gasteiger partial charge in [0, 0.05) is 23.2 Å². The van der Waals surface area contributed by atoms with E-state index in [-0.39, 0.29) is 23.7 Å². The first-order valence-corrected chi connectivity index (χ1v) is 6.84. The van der Waals surface area contributed by atoms with Crippen LogP contribution in [0.3, 0.4) is 0 Å². The number of hydrogen-bond acceptors (Lipinski definition) is 3. The minimum Gasteiger partial charge on any atom is -0.508 e. The smallest absolute Gasteiger partial charge is 0.308 e. The van der Waals surface area contributed by atoms with E-state index in [0.717, 1.165) is 12.8 Å². The van der Waals surface area contributed by atoms with Gasteiger partial charge in [0.15, 0.2) is 0 Å². The third kappa shape index (κ3) is 1.77. The second-order valence-electron chi connectivity index (χ2n) is 5.64. The van der Waals surface area contributed by atoms with Crippen LogP contribution in [0.4, 0.5) is 0 Å². The number of phenols is 1. The van der Waals surface area contributed by atoms with Crippen molar-refractivity contribution in [2.24, 2.45) is 5.92 Å². The summed E-state index contributed by atoms with van der Waals surface area (Å²) in [6, 6.07) is 4.69. The summed E-state index contributed by atoms with van der Waals surface area (Å²) in [4.78, 5) is 25.6. The van der Waals surface area contributed by atoms with Crippen LogP contribution in [0.1, 0.15) is 35.2 Å². The van der Waals surface area contributed by atoms with Crippen molar-refractivity contribution in [2.75, 3.05) is 0 Å². The molecule has 2 fully saturated rings. The van der Waals surface area contributed by atoms with Gasteiger partial charge in [0.2, 0.25) is 0 Å². The van der Waals surface area contributed by atoms with E-state index in [4.69, 9.17) is 0 Å². The molecule has 2 aliphatic heterocycles. The molecule has 2 heterocycles. The first-order valence-electron chi connectivity index (χ1n) is 6.84. The van der Waals surface area contributed by atoms with Crippen LogP contribution < -0.4 is 0 Å². The fraction of sp³-hybridized carbons (Fsp3) is 0.467. The van der Waals surface area contributed by atoms with Gasteiger partial charge >= 0.3 is 5.97 Å². The van der Waals surface area contributed by atoms with Crippen molar-refractivity contribution in [1.82, 2.24) is 4.90 Å². The number of aliphatic carboxylic acids is 1. The fourth-order valence-electron chi connectivity index (χ4n) is 3.56. The Bertz CT molecular complexity index is 583. The number of rotatable bonds is 2. The van der Waals surface area contributed by atoms with Crippen LogP contribution in [0.5, 0.6) is 5.75 Å². The van der Waals surface area contributed by atoms with Gasteiger partial charge in [-0.25, -0.2) is 0 Å². The molecule has 1 aromatic carbocycles. The Kier molecular flexibility index (Phi) is 2.92. The molecule has 0 saturated carbocycles. The summed E-state index contributed by atoms with van der Waals surface area (Å²) >= 11 is 0. The molecule has 2 saturated heterocycles. The summed E-state index contributed by atoms with van der Waals surface area (Å²) in [5.41, 5.74) is 1.02. The van der Waals surface area contributed by atoms with Crippen molar-refractivity contribution >= 4 is 11.9 Å². The summed E-state index contributed by atoms with van der Waals surface area (Å²) in [5, 5.41) is 18.9. The molecule has 0 spiro atoms. The minimum absolute atomic E-state index is 0.0235. The van der Waals surface area contributed by atoms with Gasteiger partial charge in [-0.3, -0.25) is 9.59 Å². The number of fused-ring (bicyclic) bond motifs is 2. The number of nitrogens with zero attached hydrogens (tertiary/aromatic N) is 1. The molecule has 3 atom stereocenters. The topological polar surface area (TPSA) is 77.8 Å². The zero-order chi connectivity index (χ0) is 14.4. The SMILES string of the molecule is Cc1c(O)cccc1C(=O)N1C2CCC1C(C(=O)O)C2. The molecule has 5 nitrogen and oxygen atoms in total. The van der Waals surface area contributed by atoms with Crippen LogP contribution in [0, 0.1) is 12.8 Å². The Morgan fingerprint density at radius 2 is 2.05 bits per heavy atom. The van der Waals surface area contributed by atoms with Gasteiger partial charge < -0.3 is 15.1 Å². The lowest BCUT2D eigenvalue weighted by molar-refractivity contribution is -0.142. The predicted molar refractivity (Wildman–Crippen MR) is 71.6 cm³/mol. The number of carbonyl (C=O) groups is 2. The molecular weight excluding hydrogens is 258 g/mol. The van der Waals surface area contributed by atoms with Gasteiger partial charge in [0.1, 0.15) is 5.75 Å². The van der Waals surface area contributed by atoms with Gasteiger partial charge in [-0.2, -0.15) is 0 Å². The van der Waals surface area contributed by atoms with Crippen LogP contribution in [0.15, 0.2) is 18.2 Å². The third-order valence-electron chi connectivity index (χ3n) is 4.62. The molecule has 5 heteroatoms. The van der Waals surface area contributed by atoms with Gasteiger partial charge in [-0.05, 0) is 38.3 Å². The monoisotopic (exact) mass is 275 g/mol. The number of aromatic hydroxyl groups is 1. The van der Waals surface area contributed by atoms with Crippen LogP contribution in [-0.2, 0) is 4.79 Å². The summed E-state index contributed by atoms with van der Waals surface area (Å²) in [6.07, 6.45) is 2.17. The highest BCUT2D eigenvalue weighted by Gasteiger charge is 2.51. The van der Waals surface area contributed by atoms with Gasteiger partial charge in [0.05, 0.1) is 5.92 Å². The number of phenolic OH excluding ortho intramolecular Hbond substituents is 1. The zero-order valence-electron chi connectivity index (χ0n) is 11.2. The Hall–Kier alpha value is -2.04. The maximum Gasteiger partial charge on any atom is 0.308 e. The van der Waals surface area contributed by atoms with Gasteiger partial charge in [-0.15, -0.1) is 0 Å². The second-order valence-corrected chi connectivity index (χ2v) is 5.64. The molecule has 1 aromatic rings. The number of amides is 1. The standard InChI is InChI=1S/C15H17NO4/c1-8-10(3-2-4-13(8)17)14(18)16-9-5-6-12(16)11(7-9)15(19)20/h2-4,9,11-12,17H,5-7H2,1H3,(H,19,20). The van der Waals surface area contributed by atoms with Crippen molar-refractivity contribution in [3.05, 3.63) is 29.3 Å². The van der Waals surface area contributed by atoms with Crippen molar-refractivity contribution in [3.8, 4) is 5.75 Å². The lowest BCUT2D eigenvalue weighted by Gasteiger charge is -2.24. The average Bonchev–Trinajstić information content (AvgIpc) is 2.98. The Labute approximate surface area is 116 Å². The summed E-state index contributed by atoms with van der Waals surface area (Å²) < 4.78 is 0. The number of hydrogen-bond donors (Lipinski definition) is 2. The van der Waals surface area contributed by atoms with Crippen molar-refractivity contribution in [1.29, 1.82) is 0 Å². The fourth-order valence-corrected chi connectivity index (χ4v) is 3.56. The molecule has 3 rings (SSSR count). The van der Waals surface area contributed by atoms with Crippen molar-refractivity contribution in [3.63, 3.8) is 0 Å². The van der Waals surface area contributed by atoms with Crippen LogP contribution in [0.2, 0.25) is 0 Å². The number of carboxylic acid groups (broad SMARTS) is 1. The molecule has 3 unspecified atom stereocenters. The Morgan fingerprint density at radius 3 is 2.70 bits per heavy atom. The lowest BCUT2D eigenvalue weighted by atomic mass is 9.89. The van der Waals surface area contributed by atoms with E-state index in [9.17, 15) is 19.8 Å². The van der Waals surface area contributed by atoms with E-state index in [0.29, 0.717) is 17.5 Å². The highest BCUT2D eigenvalue weighted by Crippen LogP contribution is 2.43. The predicted octanol–water partition coefficient (Wildman–Crippen LogP) is 1.78. The normalized spacial score (nSPS) is 27.9. The Balaban J connectivity index is 1.92. The Morgan fingerprint density at radius 1 is 1.30 bits per heavy atom. The van der Waals surface area contributed by atoms with E-state index in [1.807, 2.05) is 0 Å². The molecule has 0 radical (unpaired) electrons. The largest absolute Gasteiger partial charge is 0.508 e. The first-order chi connectivity index (χ1) is 9.50. The maximum absolute atomic E-state index is 12.7.